The second-order valence-electron chi connectivity index (χ2n) is 5.42. The number of carbonyl (C=O) groups excluding carboxylic acids is 2. The van der Waals surface area contributed by atoms with E-state index in [-0.39, 0.29) is 17.6 Å². The van der Waals surface area contributed by atoms with Crippen LogP contribution in [0.2, 0.25) is 5.02 Å². The minimum Gasteiger partial charge on any atom is -0.451 e. The largest absolute Gasteiger partial charge is 0.451 e. The quantitative estimate of drug-likeness (QED) is 0.925. The average Bonchev–Trinajstić information content (AvgIpc) is 2.96. The van der Waals surface area contributed by atoms with Crippen molar-refractivity contribution in [3.8, 4) is 0 Å². The lowest BCUT2D eigenvalue weighted by Crippen LogP contribution is -2.51. The number of hydrogen-bond donors (Lipinski definition) is 1. The predicted molar refractivity (Wildman–Crippen MR) is 84.0 cm³/mol. The molecule has 2 aromatic rings. The van der Waals surface area contributed by atoms with E-state index >= 15 is 0 Å². The zero-order valence-electron chi connectivity index (χ0n) is 12.3. The van der Waals surface area contributed by atoms with E-state index in [1.54, 1.807) is 36.2 Å². The Bertz CT molecular complexity index is 725. The van der Waals surface area contributed by atoms with E-state index in [4.69, 9.17) is 16.0 Å². The highest BCUT2D eigenvalue weighted by atomic mass is 35.5. The maximum Gasteiger partial charge on any atom is 0.290 e. The molecule has 1 fully saturated rings. The van der Waals surface area contributed by atoms with Gasteiger partial charge >= 0.3 is 0 Å². The molecular formula is C16H17ClN2O3. The van der Waals surface area contributed by atoms with E-state index in [2.05, 4.69) is 5.32 Å². The molecule has 2 amide bonds. The molecule has 22 heavy (non-hydrogen) atoms. The first-order valence-corrected chi connectivity index (χ1v) is 7.69. The summed E-state index contributed by atoms with van der Waals surface area (Å²) in [6.07, 6.45) is 2.51. The molecule has 0 bridgehead atoms. The van der Waals surface area contributed by atoms with Gasteiger partial charge in [-0.2, -0.15) is 0 Å². The number of furan rings is 1. The summed E-state index contributed by atoms with van der Waals surface area (Å²) in [5.74, 6) is -0.138. The molecule has 1 aromatic heterocycles. The number of nitrogens with zero attached hydrogens (tertiary/aromatic N) is 1. The fourth-order valence-electron chi connectivity index (χ4n) is 2.87. The Morgan fingerprint density at radius 2 is 2.14 bits per heavy atom. The number of carbonyl (C=O) groups is 2. The van der Waals surface area contributed by atoms with E-state index in [9.17, 15) is 9.59 Å². The number of likely N-dealkylation sites (tertiary alicyclic amines) is 1. The topological polar surface area (TPSA) is 62.6 Å². The van der Waals surface area contributed by atoms with Crippen LogP contribution < -0.4 is 5.32 Å². The summed E-state index contributed by atoms with van der Waals surface area (Å²) in [7, 11) is 1.59. The number of nitrogens with one attached hydrogen (secondary N) is 1. The first-order chi connectivity index (χ1) is 10.6. The van der Waals surface area contributed by atoms with Crippen LogP contribution >= 0.6 is 11.6 Å². The number of piperidine rings is 1. The molecule has 116 valence electrons. The first-order valence-electron chi connectivity index (χ1n) is 7.32. The van der Waals surface area contributed by atoms with Crippen molar-refractivity contribution in [2.24, 2.45) is 0 Å². The molecule has 0 spiro atoms. The van der Waals surface area contributed by atoms with Gasteiger partial charge in [0.1, 0.15) is 11.6 Å². The fraction of sp³-hybridized carbons (Fsp3) is 0.375. The van der Waals surface area contributed by atoms with Gasteiger partial charge in [0.15, 0.2) is 5.76 Å². The number of halogens is 1. The molecule has 1 atom stereocenters. The van der Waals surface area contributed by atoms with Crippen molar-refractivity contribution in [3.05, 3.63) is 35.0 Å². The third kappa shape index (κ3) is 2.68. The number of benzene rings is 1. The predicted octanol–water partition coefficient (Wildman–Crippen LogP) is 2.83. The van der Waals surface area contributed by atoms with Gasteiger partial charge in [0.2, 0.25) is 5.91 Å². The highest BCUT2D eigenvalue weighted by molar-refractivity contribution is 6.31. The van der Waals surface area contributed by atoms with E-state index in [0.717, 1.165) is 18.2 Å². The minimum atomic E-state index is -0.428. The van der Waals surface area contributed by atoms with Crippen LogP contribution in [0.3, 0.4) is 0 Å². The third-order valence-corrected chi connectivity index (χ3v) is 4.24. The van der Waals surface area contributed by atoms with Gasteiger partial charge in [-0.15, -0.1) is 0 Å². The van der Waals surface area contributed by atoms with Crippen molar-refractivity contribution in [2.45, 2.75) is 25.3 Å². The smallest absolute Gasteiger partial charge is 0.290 e. The molecule has 6 heteroatoms. The number of fused-ring (bicyclic) bond motifs is 1. The Hall–Kier alpha value is -2.01. The number of likely N-dealkylation sites (N-methyl/N-ethyl adjacent to an activating group) is 1. The Morgan fingerprint density at radius 3 is 2.91 bits per heavy atom. The number of amides is 2. The highest BCUT2D eigenvalue weighted by Gasteiger charge is 2.33. The van der Waals surface area contributed by atoms with E-state index in [0.29, 0.717) is 23.6 Å². The van der Waals surface area contributed by atoms with Crippen molar-refractivity contribution in [1.82, 2.24) is 10.2 Å². The van der Waals surface area contributed by atoms with Crippen molar-refractivity contribution < 1.29 is 14.0 Å². The molecule has 0 radical (unpaired) electrons. The Kier molecular flexibility index (Phi) is 4.07. The maximum atomic E-state index is 12.7. The van der Waals surface area contributed by atoms with E-state index in [1.807, 2.05) is 0 Å². The molecule has 1 N–H and O–H groups in total. The zero-order valence-corrected chi connectivity index (χ0v) is 13.0. The molecule has 1 saturated heterocycles. The van der Waals surface area contributed by atoms with Crippen LogP contribution in [-0.4, -0.2) is 36.3 Å². The van der Waals surface area contributed by atoms with Crippen LogP contribution in [0.4, 0.5) is 0 Å². The van der Waals surface area contributed by atoms with Crippen LogP contribution in [0.15, 0.2) is 28.7 Å². The Balaban J connectivity index is 1.91. The Labute approximate surface area is 133 Å². The van der Waals surface area contributed by atoms with Gasteiger partial charge in [-0.05, 0) is 43.5 Å². The van der Waals surface area contributed by atoms with Crippen LogP contribution in [0, 0.1) is 0 Å². The molecule has 1 aliphatic heterocycles. The first kappa shape index (κ1) is 14.9. The summed E-state index contributed by atoms with van der Waals surface area (Å²) in [6, 6.07) is 6.46. The summed E-state index contributed by atoms with van der Waals surface area (Å²) in [5, 5.41) is 4.00. The molecule has 3 rings (SSSR count). The summed E-state index contributed by atoms with van der Waals surface area (Å²) in [5.41, 5.74) is 0.612. The molecule has 5 nitrogen and oxygen atoms in total. The Morgan fingerprint density at radius 1 is 1.32 bits per heavy atom. The third-order valence-electron chi connectivity index (χ3n) is 4.00. The minimum absolute atomic E-state index is 0.132. The summed E-state index contributed by atoms with van der Waals surface area (Å²) in [4.78, 5) is 26.3. The molecule has 2 heterocycles. The lowest BCUT2D eigenvalue weighted by molar-refractivity contribution is -0.126. The maximum absolute atomic E-state index is 12.7. The second-order valence-corrected chi connectivity index (χ2v) is 5.85. The van der Waals surface area contributed by atoms with Crippen molar-refractivity contribution in [1.29, 1.82) is 0 Å². The van der Waals surface area contributed by atoms with Gasteiger partial charge in [0, 0.05) is 24.0 Å². The monoisotopic (exact) mass is 320 g/mol. The number of hydrogen-bond acceptors (Lipinski definition) is 3. The van der Waals surface area contributed by atoms with Crippen LogP contribution in [-0.2, 0) is 4.79 Å². The molecular weight excluding hydrogens is 304 g/mol. The SMILES string of the molecule is CNC(=O)[C@H]1CCCCN1C(=O)c1cc2cc(Cl)ccc2o1. The highest BCUT2D eigenvalue weighted by Crippen LogP contribution is 2.26. The average molecular weight is 321 g/mol. The summed E-state index contributed by atoms with van der Waals surface area (Å²) in [6.45, 7) is 0.564. The van der Waals surface area contributed by atoms with Gasteiger partial charge in [-0.3, -0.25) is 9.59 Å². The van der Waals surface area contributed by atoms with Crippen molar-refractivity contribution in [2.75, 3.05) is 13.6 Å². The summed E-state index contributed by atoms with van der Waals surface area (Å²) >= 11 is 5.95. The second kappa shape index (κ2) is 6.01. The van der Waals surface area contributed by atoms with Gasteiger partial charge in [0.25, 0.3) is 5.91 Å². The van der Waals surface area contributed by atoms with E-state index in [1.165, 1.54) is 0 Å². The van der Waals surface area contributed by atoms with Crippen LogP contribution in [0.1, 0.15) is 29.8 Å². The lowest BCUT2D eigenvalue weighted by atomic mass is 10.0. The van der Waals surface area contributed by atoms with E-state index < -0.39 is 6.04 Å². The standard InChI is InChI=1S/C16H17ClN2O3/c1-18-15(20)12-4-2-3-7-19(12)16(21)14-9-10-8-11(17)5-6-13(10)22-14/h5-6,8-9,12H,2-4,7H2,1H3,(H,18,20)/t12-/m1/s1. The lowest BCUT2D eigenvalue weighted by Gasteiger charge is -2.33. The van der Waals surface area contributed by atoms with Gasteiger partial charge in [-0.1, -0.05) is 11.6 Å². The van der Waals surface area contributed by atoms with Crippen LogP contribution in [0.25, 0.3) is 11.0 Å². The zero-order chi connectivity index (χ0) is 15.7. The molecule has 0 aliphatic carbocycles. The fourth-order valence-corrected chi connectivity index (χ4v) is 3.06. The molecule has 0 saturated carbocycles. The molecule has 1 aliphatic rings. The van der Waals surface area contributed by atoms with Gasteiger partial charge in [-0.25, -0.2) is 0 Å². The molecule has 0 unspecified atom stereocenters. The van der Waals surface area contributed by atoms with Gasteiger partial charge in [0.05, 0.1) is 0 Å². The molecule has 1 aromatic carbocycles. The normalized spacial score (nSPS) is 18.5. The summed E-state index contributed by atoms with van der Waals surface area (Å²) < 4.78 is 5.62. The number of rotatable bonds is 2. The van der Waals surface area contributed by atoms with Crippen LogP contribution in [0.5, 0.6) is 0 Å². The van der Waals surface area contributed by atoms with Crippen molar-refractivity contribution >= 4 is 34.4 Å². The van der Waals surface area contributed by atoms with Gasteiger partial charge < -0.3 is 14.6 Å². The van der Waals surface area contributed by atoms with Crippen molar-refractivity contribution in [3.63, 3.8) is 0 Å².